The molecule has 3 rings (SSSR count). The Labute approximate surface area is 128 Å². The van der Waals surface area contributed by atoms with Crippen molar-refractivity contribution in [1.29, 1.82) is 0 Å². The Balaban J connectivity index is 1.54. The Morgan fingerprint density at radius 1 is 1.41 bits per heavy atom. The maximum Gasteiger partial charge on any atom is 0.320 e. The minimum atomic E-state index is -0.328. The third-order valence-corrected chi connectivity index (χ3v) is 3.56. The number of nitrogens with zero attached hydrogens (tertiary/aromatic N) is 2. The summed E-state index contributed by atoms with van der Waals surface area (Å²) in [5, 5.41) is 9.42. The number of urea groups is 1. The fourth-order valence-corrected chi connectivity index (χ4v) is 2.25. The van der Waals surface area contributed by atoms with Crippen molar-refractivity contribution in [2.24, 2.45) is 0 Å². The molecular formula is C15H18N4O3. The highest BCUT2D eigenvalue weighted by Crippen LogP contribution is 2.20. The van der Waals surface area contributed by atoms with E-state index in [-0.39, 0.29) is 6.03 Å². The van der Waals surface area contributed by atoms with E-state index in [2.05, 4.69) is 27.7 Å². The number of amides is 2. The van der Waals surface area contributed by atoms with Gasteiger partial charge in [0.1, 0.15) is 17.3 Å². The summed E-state index contributed by atoms with van der Waals surface area (Å²) in [5.41, 5.74) is 2.77. The smallest absolute Gasteiger partial charge is 0.320 e. The summed E-state index contributed by atoms with van der Waals surface area (Å²) >= 11 is 0. The number of pyridine rings is 1. The van der Waals surface area contributed by atoms with Crippen molar-refractivity contribution in [1.82, 2.24) is 15.5 Å². The first kappa shape index (κ1) is 14.5. The van der Waals surface area contributed by atoms with Crippen LogP contribution in [-0.4, -0.2) is 22.8 Å². The van der Waals surface area contributed by atoms with Crippen molar-refractivity contribution in [3.8, 4) is 0 Å². The normalized spacial score (nSPS) is 13.5. The van der Waals surface area contributed by atoms with Crippen molar-refractivity contribution in [3.63, 3.8) is 0 Å². The van der Waals surface area contributed by atoms with Crippen LogP contribution in [0.5, 0.6) is 0 Å². The molecule has 1 aliphatic rings. The van der Waals surface area contributed by atoms with Crippen molar-refractivity contribution < 1.29 is 14.1 Å². The standard InChI is InChI=1S/C15H18N4O3/c1-2-10-3-4-14(16-7-10)18-15(20)17-8-12-11-9-21-6-5-13(11)22-19-12/h3-4,7H,2,5-6,8-9H2,1H3,(H2,16,17,18,20). The van der Waals surface area contributed by atoms with Crippen LogP contribution >= 0.6 is 0 Å². The quantitative estimate of drug-likeness (QED) is 0.902. The molecule has 1 aliphatic heterocycles. The largest absolute Gasteiger partial charge is 0.376 e. The number of rotatable bonds is 4. The predicted octanol–water partition coefficient (Wildman–Crippen LogP) is 2.03. The first-order chi connectivity index (χ1) is 10.8. The number of aromatic nitrogens is 2. The van der Waals surface area contributed by atoms with Crippen LogP contribution in [0.4, 0.5) is 10.6 Å². The van der Waals surface area contributed by atoms with E-state index in [1.807, 2.05) is 6.07 Å². The van der Waals surface area contributed by atoms with Gasteiger partial charge in [0.2, 0.25) is 0 Å². The molecule has 2 aromatic heterocycles. The van der Waals surface area contributed by atoms with Gasteiger partial charge in [-0.2, -0.15) is 0 Å². The minimum absolute atomic E-state index is 0.293. The Bertz CT molecular complexity index is 651. The van der Waals surface area contributed by atoms with E-state index in [1.165, 1.54) is 0 Å². The molecule has 0 aromatic carbocycles. The van der Waals surface area contributed by atoms with E-state index >= 15 is 0 Å². The molecule has 3 heterocycles. The summed E-state index contributed by atoms with van der Waals surface area (Å²) in [6, 6.07) is 3.39. The molecule has 2 amide bonds. The van der Waals surface area contributed by atoms with Crippen molar-refractivity contribution >= 4 is 11.8 Å². The third-order valence-electron chi connectivity index (χ3n) is 3.56. The second-order valence-electron chi connectivity index (χ2n) is 5.05. The summed E-state index contributed by atoms with van der Waals surface area (Å²) in [6.45, 7) is 3.48. The fraction of sp³-hybridized carbons (Fsp3) is 0.400. The zero-order valence-electron chi connectivity index (χ0n) is 12.4. The molecule has 0 radical (unpaired) electrons. The number of ether oxygens (including phenoxy) is 1. The van der Waals surface area contributed by atoms with Crippen LogP contribution in [-0.2, 0) is 30.7 Å². The highest BCUT2D eigenvalue weighted by Gasteiger charge is 2.20. The van der Waals surface area contributed by atoms with Gasteiger partial charge in [0.15, 0.2) is 0 Å². The second-order valence-corrected chi connectivity index (χ2v) is 5.05. The van der Waals surface area contributed by atoms with Crippen LogP contribution < -0.4 is 10.6 Å². The molecule has 2 aromatic rings. The number of carbonyl (C=O) groups excluding carboxylic acids is 1. The van der Waals surface area contributed by atoms with Gasteiger partial charge in [-0.25, -0.2) is 9.78 Å². The molecule has 0 aliphatic carbocycles. The second kappa shape index (κ2) is 6.57. The molecule has 0 fully saturated rings. The topological polar surface area (TPSA) is 89.3 Å². The van der Waals surface area contributed by atoms with E-state index in [9.17, 15) is 4.79 Å². The zero-order chi connectivity index (χ0) is 15.4. The number of carbonyl (C=O) groups is 1. The minimum Gasteiger partial charge on any atom is -0.376 e. The van der Waals surface area contributed by atoms with Crippen molar-refractivity contribution in [3.05, 3.63) is 40.9 Å². The van der Waals surface area contributed by atoms with Crippen molar-refractivity contribution in [2.75, 3.05) is 11.9 Å². The first-order valence-corrected chi connectivity index (χ1v) is 7.30. The maximum absolute atomic E-state index is 11.9. The molecule has 7 nitrogen and oxygen atoms in total. The van der Waals surface area contributed by atoms with Gasteiger partial charge >= 0.3 is 6.03 Å². The van der Waals surface area contributed by atoms with Crippen LogP contribution in [0.1, 0.15) is 29.5 Å². The van der Waals surface area contributed by atoms with Gasteiger partial charge in [-0.15, -0.1) is 0 Å². The van der Waals surface area contributed by atoms with Crippen LogP contribution in [0.15, 0.2) is 22.9 Å². The average Bonchev–Trinajstić information content (AvgIpc) is 2.97. The Hall–Kier alpha value is -2.41. The van der Waals surface area contributed by atoms with Crippen LogP contribution in [0, 0.1) is 0 Å². The number of fused-ring (bicyclic) bond motifs is 1. The molecule has 0 saturated heterocycles. The maximum atomic E-state index is 11.9. The Kier molecular flexibility index (Phi) is 4.34. The Morgan fingerprint density at radius 2 is 2.32 bits per heavy atom. The van der Waals surface area contributed by atoms with Gasteiger partial charge < -0.3 is 14.6 Å². The number of hydrogen-bond acceptors (Lipinski definition) is 5. The summed E-state index contributed by atoms with van der Waals surface area (Å²) in [6.07, 6.45) is 3.39. The van der Waals surface area contributed by atoms with Crippen LogP contribution in [0.25, 0.3) is 0 Å². The lowest BCUT2D eigenvalue weighted by molar-refractivity contribution is 0.102. The van der Waals surface area contributed by atoms with Gasteiger partial charge in [0, 0.05) is 18.2 Å². The number of hydrogen-bond donors (Lipinski definition) is 2. The third kappa shape index (κ3) is 3.25. The molecule has 0 atom stereocenters. The van der Waals surface area contributed by atoms with Gasteiger partial charge in [0.05, 0.1) is 19.8 Å². The van der Waals surface area contributed by atoms with E-state index in [0.717, 1.165) is 29.7 Å². The molecular weight excluding hydrogens is 284 g/mol. The lowest BCUT2D eigenvalue weighted by atomic mass is 10.1. The summed E-state index contributed by atoms with van der Waals surface area (Å²) in [5.74, 6) is 1.36. The summed E-state index contributed by atoms with van der Waals surface area (Å²) in [7, 11) is 0. The van der Waals surface area contributed by atoms with Crippen molar-refractivity contribution in [2.45, 2.75) is 32.9 Å². The predicted molar refractivity (Wildman–Crippen MR) is 79.3 cm³/mol. The average molecular weight is 302 g/mol. The molecule has 0 spiro atoms. The summed E-state index contributed by atoms with van der Waals surface area (Å²) in [4.78, 5) is 16.1. The number of anilines is 1. The van der Waals surface area contributed by atoms with E-state index in [0.29, 0.717) is 31.3 Å². The first-order valence-electron chi connectivity index (χ1n) is 7.30. The van der Waals surface area contributed by atoms with Gasteiger partial charge in [-0.3, -0.25) is 5.32 Å². The number of aryl methyl sites for hydroxylation is 1. The molecule has 0 bridgehead atoms. The van der Waals surface area contributed by atoms with E-state index < -0.39 is 0 Å². The van der Waals surface area contributed by atoms with Crippen LogP contribution in [0.3, 0.4) is 0 Å². The molecule has 0 saturated carbocycles. The van der Waals surface area contributed by atoms with Crippen LogP contribution in [0.2, 0.25) is 0 Å². The highest BCUT2D eigenvalue weighted by atomic mass is 16.5. The molecule has 0 unspecified atom stereocenters. The lowest BCUT2D eigenvalue weighted by Gasteiger charge is -2.11. The van der Waals surface area contributed by atoms with E-state index in [1.54, 1.807) is 12.3 Å². The van der Waals surface area contributed by atoms with E-state index in [4.69, 9.17) is 9.26 Å². The molecule has 7 heteroatoms. The SMILES string of the molecule is CCc1ccc(NC(=O)NCc2noc3c2COCC3)nc1. The van der Waals surface area contributed by atoms with Gasteiger partial charge in [-0.05, 0) is 18.1 Å². The molecule has 22 heavy (non-hydrogen) atoms. The Morgan fingerprint density at radius 3 is 3.09 bits per heavy atom. The molecule has 116 valence electrons. The highest BCUT2D eigenvalue weighted by molar-refractivity contribution is 5.88. The summed E-state index contributed by atoms with van der Waals surface area (Å²) < 4.78 is 10.6. The zero-order valence-corrected chi connectivity index (χ0v) is 12.4. The number of nitrogens with one attached hydrogen (secondary N) is 2. The fourth-order valence-electron chi connectivity index (χ4n) is 2.25. The van der Waals surface area contributed by atoms with Gasteiger partial charge in [-0.1, -0.05) is 18.1 Å². The van der Waals surface area contributed by atoms with Gasteiger partial charge in [0.25, 0.3) is 0 Å². The monoisotopic (exact) mass is 302 g/mol. The lowest BCUT2D eigenvalue weighted by Crippen LogP contribution is -2.29. The molecule has 2 N–H and O–H groups in total.